The predicted molar refractivity (Wildman–Crippen MR) is 101 cm³/mol. The van der Waals surface area contributed by atoms with Crippen molar-refractivity contribution in [3.63, 3.8) is 0 Å². The van der Waals surface area contributed by atoms with Crippen LogP contribution < -0.4 is 10.1 Å². The Hall–Kier alpha value is -2.57. The number of hydrogen-bond acceptors (Lipinski definition) is 4. The van der Waals surface area contributed by atoms with Gasteiger partial charge in [0, 0.05) is 34.1 Å². The number of aromatic amines is 1. The number of methoxy groups -OCH3 is 1. The van der Waals surface area contributed by atoms with Crippen LogP contribution in [-0.2, 0) is 6.42 Å². The summed E-state index contributed by atoms with van der Waals surface area (Å²) in [4.78, 5) is 16.6. The maximum Gasteiger partial charge on any atom is 0.251 e. The largest absolute Gasteiger partial charge is 0.497 e. The topological polar surface area (TPSA) is 79.9 Å². The summed E-state index contributed by atoms with van der Waals surface area (Å²) in [6.07, 6.45) is 0.518. The number of aromatic nitrogens is 3. The molecule has 1 amide bonds. The molecule has 6 nitrogen and oxygen atoms in total. The van der Waals surface area contributed by atoms with Crippen LogP contribution in [-0.4, -0.2) is 34.7 Å². The van der Waals surface area contributed by atoms with E-state index >= 15 is 0 Å². The molecule has 1 heterocycles. The van der Waals surface area contributed by atoms with Crippen LogP contribution in [0.3, 0.4) is 0 Å². The number of H-pyrrole nitrogens is 1. The van der Waals surface area contributed by atoms with E-state index in [0.29, 0.717) is 46.0 Å². The molecule has 1 aromatic heterocycles. The highest BCUT2D eigenvalue weighted by Crippen LogP contribution is 2.21. The third-order valence-electron chi connectivity index (χ3n) is 3.65. The van der Waals surface area contributed by atoms with Crippen LogP contribution in [0.25, 0.3) is 11.4 Å². The Labute approximate surface area is 160 Å². The van der Waals surface area contributed by atoms with Gasteiger partial charge in [-0.1, -0.05) is 23.2 Å². The van der Waals surface area contributed by atoms with E-state index in [9.17, 15) is 4.79 Å². The summed E-state index contributed by atoms with van der Waals surface area (Å²) in [6.45, 7) is 0.406. The Kier molecular flexibility index (Phi) is 5.75. The Morgan fingerprint density at radius 1 is 1.15 bits per heavy atom. The van der Waals surface area contributed by atoms with E-state index < -0.39 is 0 Å². The fraction of sp³-hybridized carbons (Fsp3) is 0.167. The maximum absolute atomic E-state index is 12.2. The Morgan fingerprint density at radius 2 is 1.92 bits per heavy atom. The molecule has 0 radical (unpaired) electrons. The standard InChI is InChI=1S/C18H16Cl2N4O2/c1-26-15-9-12(8-14(20)10-15)18(25)21-7-6-16-22-17(24-23-16)11-2-4-13(19)5-3-11/h2-5,8-10H,6-7H2,1H3,(H,21,25)(H,22,23,24). The number of carbonyl (C=O) groups is 1. The van der Waals surface area contributed by atoms with Crippen molar-refractivity contribution in [1.82, 2.24) is 20.5 Å². The monoisotopic (exact) mass is 390 g/mol. The molecule has 8 heteroatoms. The summed E-state index contributed by atoms with van der Waals surface area (Å²) in [5, 5.41) is 11.0. The predicted octanol–water partition coefficient (Wildman–Crippen LogP) is 3.76. The lowest BCUT2D eigenvalue weighted by Crippen LogP contribution is -2.26. The highest BCUT2D eigenvalue weighted by Gasteiger charge is 2.10. The second kappa shape index (κ2) is 8.21. The number of rotatable bonds is 6. The molecule has 0 fully saturated rings. The van der Waals surface area contributed by atoms with E-state index in [-0.39, 0.29) is 5.91 Å². The zero-order valence-electron chi connectivity index (χ0n) is 13.9. The zero-order chi connectivity index (χ0) is 18.5. The molecule has 0 atom stereocenters. The van der Waals surface area contributed by atoms with Crippen molar-refractivity contribution in [3.05, 3.63) is 63.9 Å². The van der Waals surface area contributed by atoms with Crippen molar-refractivity contribution in [2.45, 2.75) is 6.42 Å². The van der Waals surface area contributed by atoms with Crippen LogP contribution in [0, 0.1) is 0 Å². The zero-order valence-corrected chi connectivity index (χ0v) is 15.4. The SMILES string of the molecule is COc1cc(Cl)cc(C(=O)NCCc2nc(-c3ccc(Cl)cc3)n[nH]2)c1. The van der Waals surface area contributed by atoms with Crippen molar-refractivity contribution in [1.29, 1.82) is 0 Å². The summed E-state index contributed by atoms with van der Waals surface area (Å²) in [5.41, 5.74) is 1.31. The van der Waals surface area contributed by atoms with E-state index in [1.165, 1.54) is 7.11 Å². The van der Waals surface area contributed by atoms with Gasteiger partial charge in [-0.15, -0.1) is 0 Å². The van der Waals surface area contributed by atoms with Gasteiger partial charge in [-0.2, -0.15) is 5.10 Å². The second-order valence-corrected chi connectivity index (χ2v) is 6.37. The van der Waals surface area contributed by atoms with E-state index in [0.717, 1.165) is 5.56 Å². The number of benzene rings is 2. The smallest absolute Gasteiger partial charge is 0.251 e. The van der Waals surface area contributed by atoms with Crippen molar-refractivity contribution >= 4 is 29.1 Å². The summed E-state index contributed by atoms with van der Waals surface area (Å²) >= 11 is 11.9. The van der Waals surface area contributed by atoms with Gasteiger partial charge in [-0.05, 0) is 42.5 Å². The van der Waals surface area contributed by atoms with E-state index in [1.54, 1.807) is 30.3 Å². The van der Waals surface area contributed by atoms with Crippen molar-refractivity contribution < 1.29 is 9.53 Å². The molecule has 0 aliphatic carbocycles. The molecular formula is C18H16Cl2N4O2. The Balaban J connectivity index is 1.57. The maximum atomic E-state index is 12.2. The molecule has 0 saturated carbocycles. The fourth-order valence-electron chi connectivity index (χ4n) is 2.34. The molecule has 0 aliphatic heterocycles. The molecule has 2 aromatic carbocycles. The molecule has 0 spiro atoms. The number of nitrogens with one attached hydrogen (secondary N) is 2. The molecular weight excluding hydrogens is 375 g/mol. The molecule has 0 bridgehead atoms. The highest BCUT2D eigenvalue weighted by atomic mass is 35.5. The summed E-state index contributed by atoms with van der Waals surface area (Å²) in [5.74, 6) is 1.57. The minimum Gasteiger partial charge on any atom is -0.497 e. The van der Waals surface area contributed by atoms with Gasteiger partial charge in [-0.3, -0.25) is 9.89 Å². The van der Waals surface area contributed by atoms with Gasteiger partial charge >= 0.3 is 0 Å². The van der Waals surface area contributed by atoms with E-state index in [4.69, 9.17) is 27.9 Å². The van der Waals surface area contributed by atoms with Gasteiger partial charge in [-0.25, -0.2) is 4.98 Å². The number of nitrogens with zero attached hydrogens (tertiary/aromatic N) is 2. The first-order chi connectivity index (χ1) is 12.5. The van der Waals surface area contributed by atoms with Crippen LogP contribution in [0.1, 0.15) is 16.2 Å². The molecule has 26 heavy (non-hydrogen) atoms. The highest BCUT2D eigenvalue weighted by molar-refractivity contribution is 6.31. The number of hydrogen-bond donors (Lipinski definition) is 2. The van der Waals surface area contributed by atoms with Gasteiger partial charge in [0.2, 0.25) is 0 Å². The van der Waals surface area contributed by atoms with Crippen molar-refractivity contribution in [2.24, 2.45) is 0 Å². The summed E-state index contributed by atoms with van der Waals surface area (Å²) in [6, 6.07) is 12.1. The van der Waals surface area contributed by atoms with Gasteiger partial charge in [0.15, 0.2) is 5.82 Å². The molecule has 134 valence electrons. The van der Waals surface area contributed by atoms with Crippen LogP contribution >= 0.6 is 23.2 Å². The van der Waals surface area contributed by atoms with Gasteiger partial charge < -0.3 is 10.1 Å². The Morgan fingerprint density at radius 3 is 2.65 bits per heavy atom. The van der Waals surface area contributed by atoms with E-state index in [1.807, 2.05) is 12.1 Å². The summed E-state index contributed by atoms with van der Waals surface area (Å²) < 4.78 is 5.12. The van der Waals surface area contributed by atoms with Gasteiger partial charge in [0.05, 0.1) is 7.11 Å². The normalized spacial score (nSPS) is 10.6. The summed E-state index contributed by atoms with van der Waals surface area (Å²) in [7, 11) is 1.52. The first-order valence-electron chi connectivity index (χ1n) is 7.85. The first-order valence-corrected chi connectivity index (χ1v) is 8.61. The van der Waals surface area contributed by atoms with Crippen LogP contribution in [0.4, 0.5) is 0 Å². The lowest BCUT2D eigenvalue weighted by Gasteiger charge is -2.07. The van der Waals surface area contributed by atoms with Gasteiger partial charge in [0.25, 0.3) is 5.91 Å². The number of halogens is 2. The van der Waals surface area contributed by atoms with Crippen molar-refractivity contribution in [3.8, 4) is 17.1 Å². The van der Waals surface area contributed by atoms with Gasteiger partial charge in [0.1, 0.15) is 11.6 Å². The molecule has 0 saturated heterocycles. The van der Waals surface area contributed by atoms with Crippen LogP contribution in [0.5, 0.6) is 5.75 Å². The molecule has 2 N–H and O–H groups in total. The first kappa shape index (κ1) is 18.2. The van der Waals surface area contributed by atoms with Crippen LogP contribution in [0.2, 0.25) is 10.0 Å². The molecule has 3 rings (SSSR count). The molecule has 0 unspecified atom stereocenters. The molecule has 0 aliphatic rings. The number of amides is 1. The van der Waals surface area contributed by atoms with Crippen LogP contribution in [0.15, 0.2) is 42.5 Å². The lowest BCUT2D eigenvalue weighted by molar-refractivity contribution is 0.0953. The second-order valence-electron chi connectivity index (χ2n) is 5.50. The number of carbonyl (C=O) groups excluding carboxylic acids is 1. The van der Waals surface area contributed by atoms with E-state index in [2.05, 4.69) is 20.5 Å². The quantitative estimate of drug-likeness (QED) is 0.671. The average Bonchev–Trinajstić information content (AvgIpc) is 3.10. The fourth-order valence-corrected chi connectivity index (χ4v) is 2.69. The minimum atomic E-state index is -0.233. The average molecular weight is 391 g/mol. The van der Waals surface area contributed by atoms with Crippen molar-refractivity contribution in [2.75, 3.05) is 13.7 Å². The minimum absolute atomic E-state index is 0.233. The lowest BCUT2D eigenvalue weighted by atomic mass is 10.2. The molecule has 3 aromatic rings. The Bertz CT molecular complexity index is 910. The third kappa shape index (κ3) is 4.53. The third-order valence-corrected chi connectivity index (χ3v) is 4.12. The number of ether oxygens (including phenoxy) is 1.